The highest BCUT2D eigenvalue weighted by molar-refractivity contribution is 5.96. The van der Waals surface area contributed by atoms with Gasteiger partial charge in [0.25, 0.3) is 0 Å². The van der Waals surface area contributed by atoms with Gasteiger partial charge in [0.2, 0.25) is 0 Å². The van der Waals surface area contributed by atoms with Crippen LogP contribution in [0, 0.1) is 0 Å². The van der Waals surface area contributed by atoms with Gasteiger partial charge in [0, 0.05) is 30.3 Å². The lowest BCUT2D eigenvalue weighted by Crippen LogP contribution is -2.28. The third-order valence-electron chi connectivity index (χ3n) is 3.43. The highest BCUT2D eigenvalue weighted by Gasteiger charge is 2.03. The average Bonchev–Trinajstić information content (AvgIpc) is 2.43. The summed E-state index contributed by atoms with van der Waals surface area (Å²) in [5.41, 5.74) is 1.88. The van der Waals surface area contributed by atoms with Gasteiger partial charge in [-0.2, -0.15) is 0 Å². The summed E-state index contributed by atoms with van der Waals surface area (Å²) >= 11 is 0. The standard InChI is InChI=1S/C16H26N2O/c1-5-16(19)14-7-9-15(10-8-14)17-11-6-12-18(4)13(2)3/h7-10,13,17H,5-6,11-12H2,1-4H3. The second-order valence-corrected chi connectivity index (χ2v) is 5.21. The van der Waals surface area contributed by atoms with E-state index in [9.17, 15) is 4.79 Å². The zero-order valence-electron chi connectivity index (χ0n) is 12.6. The van der Waals surface area contributed by atoms with Crippen molar-refractivity contribution in [2.24, 2.45) is 0 Å². The molecule has 0 unspecified atom stereocenters. The third kappa shape index (κ3) is 5.43. The first-order chi connectivity index (χ1) is 9.04. The molecule has 3 heteroatoms. The van der Waals surface area contributed by atoms with Crippen molar-refractivity contribution in [1.29, 1.82) is 0 Å². The number of carbonyl (C=O) groups excluding carboxylic acids is 1. The molecule has 0 aliphatic heterocycles. The molecule has 0 heterocycles. The SMILES string of the molecule is CCC(=O)c1ccc(NCCCN(C)C(C)C)cc1. The van der Waals surface area contributed by atoms with Crippen LogP contribution in [0.4, 0.5) is 5.69 Å². The lowest BCUT2D eigenvalue weighted by molar-refractivity contribution is 0.0988. The molecule has 19 heavy (non-hydrogen) atoms. The Morgan fingerprint density at radius 3 is 2.42 bits per heavy atom. The molecule has 0 saturated carbocycles. The summed E-state index contributed by atoms with van der Waals surface area (Å²) in [6.07, 6.45) is 1.68. The van der Waals surface area contributed by atoms with Gasteiger partial charge in [-0.15, -0.1) is 0 Å². The normalized spacial score (nSPS) is 11.1. The summed E-state index contributed by atoms with van der Waals surface area (Å²) in [5.74, 6) is 0.199. The minimum Gasteiger partial charge on any atom is -0.385 e. The summed E-state index contributed by atoms with van der Waals surface area (Å²) in [5, 5.41) is 3.39. The smallest absolute Gasteiger partial charge is 0.162 e. The number of hydrogen-bond acceptors (Lipinski definition) is 3. The zero-order valence-corrected chi connectivity index (χ0v) is 12.6. The maximum Gasteiger partial charge on any atom is 0.162 e. The topological polar surface area (TPSA) is 32.3 Å². The molecule has 0 saturated heterocycles. The number of rotatable bonds is 8. The molecule has 1 rings (SSSR count). The van der Waals surface area contributed by atoms with Gasteiger partial charge in [0.1, 0.15) is 0 Å². The number of nitrogens with one attached hydrogen (secondary N) is 1. The molecule has 0 radical (unpaired) electrons. The maximum absolute atomic E-state index is 11.5. The molecule has 1 aromatic carbocycles. The fourth-order valence-electron chi connectivity index (χ4n) is 1.80. The van der Waals surface area contributed by atoms with Gasteiger partial charge in [-0.1, -0.05) is 6.92 Å². The van der Waals surface area contributed by atoms with Crippen molar-refractivity contribution in [3.05, 3.63) is 29.8 Å². The highest BCUT2D eigenvalue weighted by Crippen LogP contribution is 2.11. The van der Waals surface area contributed by atoms with E-state index in [1.54, 1.807) is 0 Å². The first-order valence-corrected chi connectivity index (χ1v) is 7.12. The summed E-state index contributed by atoms with van der Waals surface area (Å²) in [6.45, 7) is 8.35. The van der Waals surface area contributed by atoms with Crippen LogP contribution in [0.3, 0.4) is 0 Å². The largest absolute Gasteiger partial charge is 0.385 e. The van der Waals surface area contributed by atoms with Crippen LogP contribution < -0.4 is 5.32 Å². The second kappa shape index (κ2) is 7.95. The van der Waals surface area contributed by atoms with Crippen molar-refractivity contribution in [3.8, 4) is 0 Å². The Hall–Kier alpha value is -1.35. The van der Waals surface area contributed by atoms with Crippen LogP contribution in [0.25, 0.3) is 0 Å². The molecule has 3 nitrogen and oxygen atoms in total. The molecule has 0 fully saturated rings. The van der Waals surface area contributed by atoms with Gasteiger partial charge in [0.05, 0.1) is 0 Å². The molecule has 106 valence electrons. The Morgan fingerprint density at radius 1 is 1.26 bits per heavy atom. The van der Waals surface area contributed by atoms with Crippen LogP contribution in [-0.2, 0) is 0 Å². The lowest BCUT2D eigenvalue weighted by Gasteiger charge is -2.20. The average molecular weight is 262 g/mol. The summed E-state index contributed by atoms with van der Waals surface area (Å²) in [7, 11) is 2.15. The number of carbonyl (C=O) groups is 1. The van der Waals surface area contributed by atoms with Gasteiger partial charge >= 0.3 is 0 Å². The second-order valence-electron chi connectivity index (χ2n) is 5.21. The van der Waals surface area contributed by atoms with Gasteiger partial charge < -0.3 is 10.2 Å². The first-order valence-electron chi connectivity index (χ1n) is 7.12. The van der Waals surface area contributed by atoms with E-state index < -0.39 is 0 Å². The molecule has 0 bridgehead atoms. The van der Waals surface area contributed by atoms with Crippen LogP contribution in [0.15, 0.2) is 24.3 Å². The van der Waals surface area contributed by atoms with Crippen LogP contribution in [-0.4, -0.2) is 36.9 Å². The van der Waals surface area contributed by atoms with Crippen molar-refractivity contribution in [2.75, 3.05) is 25.5 Å². The minimum absolute atomic E-state index is 0.199. The molecule has 0 aromatic heterocycles. The molecule has 0 aliphatic carbocycles. The van der Waals surface area contributed by atoms with Gasteiger partial charge in [-0.25, -0.2) is 0 Å². The van der Waals surface area contributed by atoms with Crippen LogP contribution >= 0.6 is 0 Å². The van der Waals surface area contributed by atoms with Crippen molar-refractivity contribution >= 4 is 11.5 Å². The van der Waals surface area contributed by atoms with Crippen molar-refractivity contribution in [2.45, 2.75) is 39.7 Å². The molecule has 0 aliphatic rings. The van der Waals surface area contributed by atoms with E-state index in [4.69, 9.17) is 0 Å². The van der Waals surface area contributed by atoms with E-state index in [-0.39, 0.29) is 5.78 Å². The molecule has 1 aromatic rings. The van der Waals surface area contributed by atoms with Crippen LogP contribution in [0.1, 0.15) is 44.0 Å². The summed E-state index contributed by atoms with van der Waals surface area (Å²) < 4.78 is 0. The number of nitrogens with zero attached hydrogens (tertiary/aromatic N) is 1. The number of benzene rings is 1. The minimum atomic E-state index is 0.199. The molecule has 0 amide bonds. The molecule has 0 spiro atoms. The predicted octanol–water partition coefficient (Wildman–Crippen LogP) is 3.42. The monoisotopic (exact) mass is 262 g/mol. The van der Waals surface area contributed by atoms with E-state index in [1.807, 2.05) is 31.2 Å². The number of ketones is 1. The molecule has 0 atom stereocenters. The number of Topliss-reactive ketones (excluding diaryl/α,β-unsaturated/α-hetero) is 1. The van der Waals surface area contributed by atoms with Crippen molar-refractivity contribution < 1.29 is 4.79 Å². The summed E-state index contributed by atoms with van der Waals surface area (Å²) in [4.78, 5) is 13.8. The Labute approximate surface area is 117 Å². The zero-order chi connectivity index (χ0) is 14.3. The Bertz CT molecular complexity index is 384. The van der Waals surface area contributed by atoms with Crippen LogP contribution in [0.5, 0.6) is 0 Å². The maximum atomic E-state index is 11.5. The van der Waals surface area contributed by atoms with E-state index in [0.717, 1.165) is 30.8 Å². The molecular weight excluding hydrogens is 236 g/mol. The third-order valence-corrected chi connectivity index (χ3v) is 3.43. The lowest BCUT2D eigenvalue weighted by atomic mass is 10.1. The van der Waals surface area contributed by atoms with E-state index in [2.05, 4.69) is 31.1 Å². The van der Waals surface area contributed by atoms with Gasteiger partial charge in [-0.3, -0.25) is 4.79 Å². The Kier molecular flexibility index (Phi) is 6.57. The fourth-order valence-corrected chi connectivity index (χ4v) is 1.80. The van der Waals surface area contributed by atoms with Crippen molar-refractivity contribution in [3.63, 3.8) is 0 Å². The molecular formula is C16H26N2O. The van der Waals surface area contributed by atoms with Crippen LogP contribution in [0.2, 0.25) is 0 Å². The first kappa shape index (κ1) is 15.7. The summed E-state index contributed by atoms with van der Waals surface area (Å²) in [6, 6.07) is 8.35. The van der Waals surface area contributed by atoms with E-state index >= 15 is 0 Å². The van der Waals surface area contributed by atoms with Crippen molar-refractivity contribution in [1.82, 2.24) is 4.90 Å². The highest BCUT2D eigenvalue weighted by atomic mass is 16.1. The predicted molar refractivity (Wildman–Crippen MR) is 81.9 cm³/mol. The molecule has 1 N–H and O–H groups in total. The Balaban J connectivity index is 2.32. The number of anilines is 1. The number of hydrogen-bond donors (Lipinski definition) is 1. The quantitative estimate of drug-likeness (QED) is 0.575. The van der Waals surface area contributed by atoms with Gasteiger partial charge in [-0.05, 0) is 58.1 Å². The fraction of sp³-hybridized carbons (Fsp3) is 0.562. The van der Waals surface area contributed by atoms with E-state index in [0.29, 0.717) is 12.5 Å². The van der Waals surface area contributed by atoms with E-state index in [1.165, 1.54) is 0 Å². The Morgan fingerprint density at radius 2 is 1.89 bits per heavy atom. The van der Waals surface area contributed by atoms with Gasteiger partial charge in [0.15, 0.2) is 5.78 Å².